The maximum Gasteiger partial charge on any atom is 0.195 e. The number of nitrogens with zero attached hydrogens (tertiary/aromatic N) is 1. The average molecular weight is 237 g/mol. The summed E-state index contributed by atoms with van der Waals surface area (Å²) in [7, 11) is 0. The van der Waals surface area contributed by atoms with Crippen LogP contribution >= 0.6 is 0 Å². The number of nitrogens with two attached hydrogens (primary N) is 2. The molecule has 5 heteroatoms. The molecule has 2 fully saturated rings. The van der Waals surface area contributed by atoms with Gasteiger partial charge in [-0.1, -0.05) is 20.8 Å². The molecule has 96 valence electrons. The Balaban J connectivity index is 2.37. The van der Waals surface area contributed by atoms with Crippen molar-refractivity contribution in [3.8, 4) is 0 Å². The first-order valence-corrected chi connectivity index (χ1v) is 6.19. The van der Waals surface area contributed by atoms with E-state index in [1.54, 1.807) is 0 Å². The number of rotatable bonds is 1. The van der Waals surface area contributed by atoms with Gasteiger partial charge in [0.2, 0.25) is 0 Å². The van der Waals surface area contributed by atoms with Crippen molar-refractivity contribution in [3.05, 3.63) is 0 Å². The van der Waals surface area contributed by atoms with Gasteiger partial charge in [-0.15, -0.1) is 0 Å². The van der Waals surface area contributed by atoms with E-state index in [2.05, 4.69) is 20.8 Å². The van der Waals surface area contributed by atoms with Gasteiger partial charge >= 0.3 is 0 Å². The summed E-state index contributed by atoms with van der Waals surface area (Å²) in [6, 6.07) is 0.103. The lowest BCUT2D eigenvalue weighted by molar-refractivity contribution is 0.101. The van der Waals surface area contributed by atoms with E-state index < -0.39 is 0 Å². The van der Waals surface area contributed by atoms with Gasteiger partial charge in [0.25, 0.3) is 0 Å². The molecule has 2 bridgehead atoms. The zero-order chi connectivity index (χ0) is 13.0. The monoisotopic (exact) mass is 237 g/mol. The van der Waals surface area contributed by atoms with Gasteiger partial charge in [0.05, 0.1) is 0 Å². The number of nitrogens with one attached hydrogen (secondary N) is 2. The van der Waals surface area contributed by atoms with E-state index in [-0.39, 0.29) is 28.8 Å². The molecular weight excluding hydrogens is 214 g/mol. The lowest BCUT2D eigenvalue weighted by Gasteiger charge is -2.43. The molecule has 2 rings (SSSR count). The fraction of sp³-hybridized carbons (Fsp3) is 0.833. The summed E-state index contributed by atoms with van der Waals surface area (Å²) in [6.07, 6.45) is 3.36. The third-order valence-electron chi connectivity index (χ3n) is 5.58. The fourth-order valence-corrected chi connectivity index (χ4v) is 4.02. The van der Waals surface area contributed by atoms with Crippen molar-refractivity contribution >= 4 is 11.9 Å². The Morgan fingerprint density at radius 3 is 2.00 bits per heavy atom. The third kappa shape index (κ3) is 1.37. The second-order valence-electron chi connectivity index (χ2n) is 6.27. The zero-order valence-electron chi connectivity index (χ0n) is 10.9. The van der Waals surface area contributed by atoms with Gasteiger partial charge in [-0.25, -0.2) is 0 Å². The van der Waals surface area contributed by atoms with Crippen molar-refractivity contribution < 1.29 is 0 Å². The van der Waals surface area contributed by atoms with Crippen LogP contribution in [0.15, 0.2) is 0 Å². The second-order valence-corrected chi connectivity index (χ2v) is 6.27. The minimum absolute atomic E-state index is 0.0923. The van der Waals surface area contributed by atoms with E-state index in [0.717, 1.165) is 12.8 Å². The first-order valence-electron chi connectivity index (χ1n) is 6.19. The first kappa shape index (κ1) is 12.2. The van der Waals surface area contributed by atoms with Gasteiger partial charge in [-0.05, 0) is 36.0 Å². The molecule has 0 saturated heterocycles. The Bertz CT molecular complexity index is 361. The molecule has 0 aromatic carbocycles. The minimum atomic E-state index is -0.105. The second kappa shape index (κ2) is 3.37. The standard InChI is InChI=1S/C12H23N5/c1-11(2)7-4-5-12(11,3)8(6-7)17(9(13)14)10(15)16/h7-8H,4-6H2,1-3H3,(H3,13,14)(H3,15,16). The molecule has 17 heavy (non-hydrogen) atoms. The van der Waals surface area contributed by atoms with Crippen LogP contribution in [0.1, 0.15) is 40.0 Å². The Labute approximate surface area is 103 Å². The van der Waals surface area contributed by atoms with E-state index in [4.69, 9.17) is 22.3 Å². The van der Waals surface area contributed by atoms with Gasteiger partial charge in [-0.3, -0.25) is 15.7 Å². The van der Waals surface area contributed by atoms with Gasteiger partial charge in [0.15, 0.2) is 11.9 Å². The molecule has 2 aliphatic carbocycles. The lowest BCUT2D eigenvalue weighted by Crippen LogP contribution is -2.56. The fourth-order valence-electron chi connectivity index (χ4n) is 4.02. The van der Waals surface area contributed by atoms with Gasteiger partial charge < -0.3 is 11.5 Å². The summed E-state index contributed by atoms with van der Waals surface area (Å²) in [5.41, 5.74) is 11.5. The van der Waals surface area contributed by atoms with Crippen molar-refractivity contribution in [1.82, 2.24) is 4.90 Å². The number of guanidine groups is 2. The van der Waals surface area contributed by atoms with E-state index in [9.17, 15) is 0 Å². The molecule has 0 aromatic heterocycles. The van der Waals surface area contributed by atoms with Crippen LogP contribution in [-0.2, 0) is 0 Å². The van der Waals surface area contributed by atoms with Crippen LogP contribution in [0.4, 0.5) is 0 Å². The smallest absolute Gasteiger partial charge is 0.195 e. The Kier molecular flexibility index (Phi) is 2.42. The van der Waals surface area contributed by atoms with Crippen molar-refractivity contribution in [1.29, 1.82) is 10.8 Å². The molecule has 3 unspecified atom stereocenters. The van der Waals surface area contributed by atoms with E-state index in [0.29, 0.717) is 5.92 Å². The Morgan fingerprint density at radius 1 is 1.18 bits per heavy atom. The van der Waals surface area contributed by atoms with Crippen LogP contribution in [0.25, 0.3) is 0 Å². The highest BCUT2D eigenvalue weighted by Crippen LogP contribution is 2.66. The highest BCUT2D eigenvalue weighted by molar-refractivity contribution is 5.94. The van der Waals surface area contributed by atoms with Crippen molar-refractivity contribution in [3.63, 3.8) is 0 Å². The van der Waals surface area contributed by atoms with Crippen LogP contribution in [0, 0.1) is 27.6 Å². The van der Waals surface area contributed by atoms with Gasteiger partial charge in [0.1, 0.15) is 0 Å². The molecule has 0 spiro atoms. The Morgan fingerprint density at radius 2 is 1.71 bits per heavy atom. The van der Waals surface area contributed by atoms with E-state index >= 15 is 0 Å². The molecule has 3 atom stereocenters. The highest BCUT2D eigenvalue weighted by atomic mass is 15.3. The molecule has 0 aliphatic heterocycles. The SMILES string of the molecule is CC1(C)C2CCC1(C)C(N(C(=N)N)C(=N)N)C2. The van der Waals surface area contributed by atoms with Crippen molar-refractivity contribution in [2.24, 2.45) is 28.2 Å². The summed E-state index contributed by atoms with van der Waals surface area (Å²) in [5.74, 6) is 0.442. The number of fused-ring (bicyclic) bond motifs is 2. The topological polar surface area (TPSA) is 103 Å². The summed E-state index contributed by atoms with van der Waals surface area (Å²) in [6.45, 7) is 6.84. The van der Waals surface area contributed by atoms with Crippen LogP contribution < -0.4 is 11.5 Å². The third-order valence-corrected chi connectivity index (χ3v) is 5.58. The predicted octanol–water partition coefficient (Wildman–Crippen LogP) is 1.29. The summed E-state index contributed by atoms with van der Waals surface area (Å²) in [5, 5.41) is 15.3. The molecule has 0 aromatic rings. The largest absolute Gasteiger partial charge is 0.370 e. The van der Waals surface area contributed by atoms with Crippen LogP contribution in [0.2, 0.25) is 0 Å². The molecule has 0 radical (unpaired) electrons. The normalized spacial score (nSPS) is 38.1. The van der Waals surface area contributed by atoms with Crippen LogP contribution in [0.5, 0.6) is 0 Å². The Hall–Kier alpha value is -1.26. The van der Waals surface area contributed by atoms with Gasteiger partial charge in [-0.2, -0.15) is 0 Å². The summed E-state index contributed by atoms with van der Waals surface area (Å²) < 4.78 is 0. The molecule has 0 amide bonds. The first-order chi connectivity index (χ1) is 7.72. The number of hydrogen-bond donors (Lipinski definition) is 4. The summed E-state index contributed by atoms with van der Waals surface area (Å²) in [4.78, 5) is 1.50. The van der Waals surface area contributed by atoms with Crippen LogP contribution in [0.3, 0.4) is 0 Å². The molecule has 0 heterocycles. The molecule has 2 saturated carbocycles. The maximum atomic E-state index is 7.63. The highest BCUT2D eigenvalue weighted by Gasteiger charge is 2.63. The molecular formula is C12H23N5. The minimum Gasteiger partial charge on any atom is -0.370 e. The van der Waals surface area contributed by atoms with Crippen molar-refractivity contribution in [2.75, 3.05) is 0 Å². The van der Waals surface area contributed by atoms with Crippen molar-refractivity contribution in [2.45, 2.75) is 46.1 Å². The molecule has 2 aliphatic rings. The summed E-state index contributed by atoms with van der Waals surface area (Å²) >= 11 is 0. The quantitative estimate of drug-likeness (QED) is 0.408. The average Bonchev–Trinajstić information content (AvgIpc) is 2.49. The predicted molar refractivity (Wildman–Crippen MR) is 68.7 cm³/mol. The van der Waals surface area contributed by atoms with E-state index in [1.807, 2.05) is 0 Å². The number of hydrogen-bond acceptors (Lipinski definition) is 2. The van der Waals surface area contributed by atoms with Crippen LogP contribution in [-0.4, -0.2) is 22.9 Å². The maximum absolute atomic E-state index is 7.63. The molecule has 5 nitrogen and oxygen atoms in total. The van der Waals surface area contributed by atoms with Gasteiger partial charge in [0, 0.05) is 6.04 Å². The lowest BCUT2D eigenvalue weighted by atomic mass is 9.69. The molecule has 6 N–H and O–H groups in total. The zero-order valence-corrected chi connectivity index (χ0v) is 10.9. The van der Waals surface area contributed by atoms with E-state index in [1.165, 1.54) is 11.3 Å².